The van der Waals surface area contributed by atoms with Crippen LogP contribution in [0.3, 0.4) is 0 Å². The summed E-state index contributed by atoms with van der Waals surface area (Å²) >= 11 is 0. The molecule has 0 radical (unpaired) electrons. The molecule has 1 spiro atoms. The molecule has 1 aliphatic carbocycles. The smallest absolute Gasteiger partial charge is 0.252 e. The average Bonchev–Trinajstić information content (AvgIpc) is 3.08. The van der Waals surface area contributed by atoms with Crippen molar-refractivity contribution in [3.8, 4) is 11.5 Å². The molecule has 4 unspecified atom stereocenters. The summed E-state index contributed by atoms with van der Waals surface area (Å²) in [6, 6.07) is 8.01. The Balaban J connectivity index is 1.48. The monoisotopic (exact) mass is 244 g/mol. The third-order valence-corrected chi connectivity index (χ3v) is 5.12. The fraction of sp³-hybridized carbons (Fsp3) is 0.600. The Kier molecular flexibility index (Phi) is 1.62. The van der Waals surface area contributed by atoms with Gasteiger partial charge in [0.15, 0.2) is 11.5 Å². The molecule has 5 rings (SSSR count). The molecule has 2 bridgehead atoms. The quantitative estimate of drug-likeness (QED) is 0.702. The molecule has 1 aromatic carbocycles. The number of fused-ring (bicyclic) bond motifs is 6. The first-order chi connectivity index (χ1) is 8.83. The molecule has 3 aliphatic heterocycles. The van der Waals surface area contributed by atoms with E-state index in [1.165, 1.54) is 12.8 Å². The molecule has 18 heavy (non-hydrogen) atoms. The number of para-hydroxylation sites is 2. The van der Waals surface area contributed by atoms with Crippen LogP contribution in [0.2, 0.25) is 0 Å². The predicted molar refractivity (Wildman–Crippen MR) is 64.5 cm³/mol. The van der Waals surface area contributed by atoms with Crippen molar-refractivity contribution in [1.82, 2.24) is 0 Å². The van der Waals surface area contributed by atoms with Gasteiger partial charge in [0.05, 0.1) is 12.2 Å². The largest absolute Gasteiger partial charge is 0.448 e. The van der Waals surface area contributed by atoms with E-state index < -0.39 is 0 Å². The topological polar surface area (TPSA) is 27.7 Å². The van der Waals surface area contributed by atoms with Crippen molar-refractivity contribution < 1.29 is 14.2 Å². The molecule has 3 heterocycles. The second-order valence-corrected chi connectivity index (χ2v) is 6.09. The Morgan fingerprint density at radius 2 is 1.44 bits per heavy atom. The number of rotatable bonds is 0. The molecule has 1 saturated carbocycles. The van der Waals surface area contributed by atoms with Crippen molar-refractivity contribution in [2.75, 3.05) is 0 Å². The molecule has 3 fully saturated rings. The van der Waals surface area contributed by atoms with Gasteiger partial charge in [-0.1, -0.05) is 12.1 Å². The predicted octanol–water partition coefficient (Wildman–Crippen LogP) is 2.74. The van der Waals surface area contributed by atoms with Gasteiger partial charge in [-0.2, -0.15) is 0 Å². The molecule has 1 aromatic rings. The lowest BCUT2D eigenvalue weighted by Gasteiger charge is -2.24. The van der Waals surface area contributed by atoms with Gasteiger partial charge in [-0.15, -0.1) is 0 Å². The van der Waals surface area contributed by atoms with E-state index in [4.69, 9.17) is 14.2 Å². The lowest BCUT2D eigenvalue weighted by molar-refractivity contribution is -0.0896. The normalized spacial score (nSPS) is 41.6. The van der Waals surface area contributed by atoms with Crippen LogP contribution >= 0.6 is 0 Å². The van der Waals surface area contributed by atoms with Crippen LogP contribution in [0.5, 0.6) is 11.5 Å². The van der Waals surface area contributed by atoms with Gasteiger partial charge in [-0.05, 0) is 36.8 Å². The minimum Gasteiger partial charge on any atom is -0.448 e. The van der Waals surface area contributed by atoms with Crippen LogP contribution < -0.4 is 9.47 Å². The van der Waals surface area contributed by atoms with Gasteiger partial charge >= 0.3 is 0 Å². The van der Waals surface area contributed by atoms with E-state index in [2.05, 4.69) is 0 Å². The zero-order chi connectivity index (χ0) is 11.7. The second kappa shape index (κ2) is 3.02. The first-order valence-corrected chi connectivity index (χ1v) is 6.96. The summed E-state index contributed by atoms with van der Waals surface area (Å²) in [5, 5.41) is 0. The zero-order valence-electron chi connectivity index (χ0n) is 10.2. The molecule has 0 amide bonds. The van der Waals surface area contributed by atoms with Crippen molar-refractivity contribution in [3.63, 3.8) is 0 Å². The van der Waals surface area contributed by atoms with Crippen LogP contribution in [0.4, 0.5) is 0 Å². The van der Waals surface area contributed by atoms with E-state index in [1.807, 2.05) is 24.3 Å². The van der Waals surface area contributed by atoms with Crippen molar-refractivity contribution in [2.24, 2.45) is 11.8 Å². The van der Waals surface area contributed by atoms with E-state index in [9.17, 15) is 0 Å². The Labute approximate surface area is 106 Å². The molecule has 0 aromatic heterocycles. The van der Waals surface area contributed by atoms with Gasteiger partial charge in [0, 0.05) is 12.8 Å². The highest BCUT2D eigenvalue weighted by molar-refractivity contribution is 5.43. The molecule has 3 nitrogen and oxygen atoms in total. The minimum atomic E-state index is -0.385. The summed E-state index contributed by atoms with van der Waals surface area (Å²) in [6.45, 7) is 0. The average molecular weight is 244 g/mol. The van der Waals surface area contributed by atoms with Crippen LogP contribution in [-0.4, -0.2) is 18.0 Å². The highest BCUT2D eigenvalue weighted by Gasteiger charge is 2.62. The minimum absolute atomic E-state index is 0.385. The van der Waals surface area contributed by atoms with Crippen LogP contribution in [0.15, 0.2) is 24.3 Å². The van der Waals surface area contributed by atoms with Crippen LogP contribution in [0, 0.1) is 11.8 Å². The highest BCUT2D eigenvalue weighted by atomic mass is 16.7. The van der Waals surface area contributed by atoms with Crippen LogP contribution in [-0.2, 0) is 4.74 Å². The fourth-order valence-electron chi connectivity index (χ4n) is 4.44. The maximum atomic E-state index is 6.14. The van der Waals surface area contributed by atoms with Crippen molar-refractivity contribution in [1.29, 1.82) is 0 Å². The second-order valence-electron chi connectivity index (χ2n) is 6.09. The van der Waals surface area contributed by atoms with E-state index in [1.54, 1.807) is 0 Å². The summed E-state index contributed by atoms with van der Waals surface area (Å²) in [5.74, 6) is 2.73. The Hall–Kier alpha value is -1.22. The number of benzene rings is 1. The van der Waals surface area contributed by atoms with E-state index in [0.717, 1.165) is 24.3 Å². The molecule has 4 aliphatic rings. The molecule has 2 saturated heterocycles. The highest BCUT2D eigenvalue weighted by Crippen LogP contribution is 2.58. The molecule has 3 heteroatoms. The van der Waals surface area contributed by atoms with Crippen molar-refractivity contribution >= 4 is 0 Å². The molecule has 4 atom stereocenters. The molecule has 0 N–H and O–H groups in total. The van der Waals surface area contributed by atoms with Gasteiger partial charge in [-0.3, -0.25) is 0 Å². The number of hydrogen-bond donors (Lipinski definition) is 0. The van der Waals surface area contributed by atoms with Gasteiger partial charge < -0.3 is 14.2 Å². The van der Waals surface area contributed by atoms with Crippen LogP contribution in [0.25, 0.3) is 0 Å². The SMILES string of the molecule is c1ccc2c(c1)OC1(CC3C4CCC(O4)C3C1)O2. The maximum Gasteiger partial charge on any atom is 0.252 e. The first-order valence-electron chi connectivity index (χ1n) is 6.96. The lowest BCUT2D eigenvalue weighted by Crippen LogP contribution is -2.37. The molecular formula is C15H16O3. The fourth-order valence-corrected chi connectivity index (χ4v) is 4.44. The molecular weight excluding hydrogens is 228 g/mol. The van der Waals surface area contributed by atoms with Gasteiger partial charge in [0.25, 0.3) is 5.79 Å². The summed E-state index contributed by atoms with van der Waals surface area (Å²) in [4.78, 5) is 0. The third kappa shape index (κ3) is 1.09. The van der Waals surface area contributed by atoms with Gasteiger partial charge in [-0.25, -0.2) is 0 Å². The zero-order valence-corrected chi connectivity index (χ0v) is 10.2. The number of hydrogen-bond acceptors (Lipinski definition) is 3. The number of ether oxygens (including phenoxy) is 3. The Morgan fingerprint density at radius 3 is 2.00 bits per heavy atom. The summed E-state index contributed by atoms with van der Waals surface area (Å²) in [6.07, 6.45) is 5.38. The molecule has 94 valence electrons. The van der Waals surface area contributed by atoms with Crippen LogP contribution in [0.1, 0.15) is 25.7 Å². The summed E-state index contributed by atoms with van der Waals surface area (Å²) < 4.78 is 18.3. The third-order valence-electron chi connectivity index (χ3n) is 5.12. The van der Waals surface area contributed by atoms with Crippen molar-refractivity contribution in [3.05, 3.63) is 24.3 Å². The van der Waals surface area contributed by atoms with E-state index in [0.29, 0.717) is 24.0 Å². The maximum absolute atomic E-state index is 6.14. The summed E-state index contributed by atoms with van der Waals surface area (Å²) in [5.41, 5.74) is 0. The summed E-state index contributed by atoms with van der Waals surface area (Å²) in [7, 11) is 0. The Morgan fingerprint density at radius 1 is 0.889 bits per heavy atom. The van der Waals surface area contributed by atoms with E-state index in [-0.39, 0.29) is 5.79 Å². The Bertz CT molecular complexity index is 467. The van der Waals surface area contributed by atoms with Gasteiger partial charge in [0.2, 0.25) is 0 Å². The lowest BCUT2D eigenvalue weighted by atomic mass is 9.82. The van der Waals surface area contributed by atoms with Crippen molar-refractivity contribution in [2.45, 2.75) is 43.7 Å². The van der Waals surface area contributed by atoms with E-state index >= 15 is 0 Å². The standard InChI is InChI=1S/C15H16O3/c1-2-4-14-13(3-1)17-15(18-14)7-9-10(8-15)12-6-5-11(9)16-12/h1-4,9-12H,5-8H2. The first kappa shape index (κ1) is 9.68. The van der Waals surface area contributed by atoms with Gasteiger partial charge in [0.1, 0.15) is 0 Å².